The van der Waals surface area contributed by atoms with Crippen LogP contribution in [0.4, 0.5) is 4.39 Å². The third kappa shape index (κ3) is 1.19. The molecule has 1 aromatic carbocycles. The van der Waals surface area contributed by atoms with Gasteiger partial charge in [-0.15, -0.1) is 0 Å². The summed E-state index contributed by atoms with van der Waals surface area (Å²) in [6.45, 7) is 1.89. The van der Waals surface area contributed by atoms with E-state index in [1.807, 2.05) is 29.7 Å². The number of fused-ring (bicyclic) bond motifs is 3. The number of halogens is 2. The Morgan fingerprint density at radius 2 is 2.12 bits per heavy atom. The second kappa shape index (κ2) is 3.28. The summed E-state index contributed by atoms with van der Waals surface area (Å²) in [5, 5.41) is 1.43. The van der Waals surface area contributed by atoms with Crippen LogP contribution in [0.25, 0.3) is 16.4 Å². The van der Waals surface area contributed by atoms with Crippen molar-refractivity contribution >= 4 is 32.3 Å². The van der Waals surface area contributed by atoms with Gasteiger partial charge < -0.3 is 0 Å². The standard InChI is InChI=1S/C12H8BrFN2/c1-7-11(13)16-6-5-8-3-2-4-9(14)10(8)12(16)15-7/h2-6H,1H3. The summed E-state index contributed by atoms with van der Waals surface area (Å²) in [6, 6.07) is 6.94. The van der Waals surface area contributed by atoms with E-state index in [1.165, 1.54) is 6.07 Å². The quantitative estimate of drug-likeness (QED) is 0.613. The van der Waals surface area contributed by atoms with Crippen molar-refractivity contribution in [1.29, 1.82) is 0 Å². The van der Waals surface area contributed by atoms with Gasteiger partial charge in [0.1, 0.15) is 16.1 Å². The van der Waals surface area contributed by atoms with E-state index in [9.17, 15) is 4.39 Å². The smallest absolute Gasteiger partial charge is 0.148 e. The van der Waals surface area contributed by atoms with E-state index in [1.54, 1.807) is 6.07 Å². The van der Waals surface area contributed by atoms with Crippen LogP contribution in [0, 0.1) is 12.7 Å². The SMILES string of the molecule is Cc1nc2c3c(F)cccc3ccn2c1Br. The lowest BCUT2D eigenvalue weighted by Crippen LogP contribution is -1.88. The molecule has 0 N–H and O–H groups in total. The maximum Gasteiger partial charge on any atom is 0.148 e. The zero-order chi connectivity index (χ0) is 11.3. The van der Waals surface area contributed by atoms with E-state index < -0.39 is 0 Å². The lowest BCUT2D eigenvalue weighted by molar-refractivity contribution is 0.640. The van der Waals surface area contributed by atoms with Gasteiger partial charge in [0.05, 0.1) is 11.1 Å². The maximum absolute atomic E-state index is 13.8. The predicted octanol–water partition coefficient (Wildman–Crippen LogP) is 3.70. The molecule has 0 unspecified atom stereocenters. The average Bonchev–Trinajstić information content (AvgIpc) is 2.55. The molecule has 3 aromatic rings. The Morgan fingerprint density at radius 1 is 1.31 bits per heavy atom. The van der Waals surface area contributed by atoms with Gasteiger partial charge in [0.15, 0.2) is 0 Å². The van der Waals surface area contributed by atoms with Crippen molar-refractivity contribution in [1.82, 2.24) is 9.38 Å². The minimum Gasteiger partial charge on any atom is -0.293 e. The highest BCUT2D eigenvalue weighted by atomic mass is 79.9. The molecule has 0 atom stereocenters. The first-order chi connectivity index (χ1) is 7.68. The van der Waals surface area contributed by atoms with E-state index in [0.717, 1.165) is 15.7 Å². The zero-order valence-electron chi connectivity index (χ0n) is 8.54. The molecule has 80 valence electrons. The van der Waals surface area contributed by atoms with Crippen LogP contribution in [0.3, 0.4) is 0 Å². The second-order valence-electron chi connectivity index (χ2n) is 3.70. The van der Waals surface area contributed by atoms with Crippen LogP contribution in [0.5, 0.6) is 0 Å². The van der Waals surface area contributed by atoms with E-state index >= 15 is 0 Å². The zero-order valence-corrected chi connectivity index (χ0v) is 10.1. The third-order valence-corrected chi connectivity index (χ3v) is 3.64. The molecule has 0 aliphatic heterocycles. The van der Waals surface area contributed by atoms with Crippen LogP contribution < -0.4 is 0 Å². The number of hydrogen-bond acceptors (Lipinski definition) is 1. The minimum absolute atomic E-state index is 0.236. The topological polar surface area (TPSA) is 17.3 Å². The molecule has 0 fully saturated rings. The summed E-state index contributed by atoms with van der Waals surface area (Å²) in [5.41, 5.74) is 1.51. The van der Waals surface area contributed by atoms with Gasteiger partial charge >= 0.3 is 0 Å². The molecule has 0 saturated heterocycles. The number of imidazole rings is 1. The van der Waals surface area contributed by atoms with Crippen molar-refractivity contribution in [2.75, 3.05) is 0 Å². The van der Waals surface area contributed by atoms with Crippen molar-refractivity contribution in [3.63, 3.8) is 0 Å². The van der Waals surface area contributed by atoms with Crippen molar-refractivity contribution in [3.05, 3.63) is 46.6 Å². The Kier molecular flexibility index (Phi) is 2.01. The van der Waals surface area contributed by atoms with Gasteiger partial charge in [-0.05, 0) is 40.4 Å². The third-order valence-electron chi connectivity index (χ3n) is 2.68. The van der Waals surface area contributed by atoms with Crippen molar-refractivity contribution in [2.45, 2.75) is 6.92 Å². The molecule has 16 heavy (non-hydrogen) atoms. The Balaban J connectivity index is 2.63. The van der Waals surface area contributed by atoms with Gasteiger partial charge in [0.2, 0.25) is 0 Å². The second-order valence-corrected chi connectivity index (χ2v) is 4.45. The van der Waals surface area contributed by atoms with Crippen LogP contribution >= 0.6 is 15.9 Å². The molecule has 0 aliphatic rings. The maximum atomic E-state index is 13.8. The van der Waals surface area contributed by atoms with Crippen LogP contribution in [0.2, 0.25) is 0 Å². The molecule has 0 aliphatic carbocycles. The number of rotatable bonds is 0. The first kappa shape index (κ1) is 9.78. The fraction of sp³-hybridized carbons (Fsp3) is 0.0833. The number of aryl methyl sites for hydroxylation is 1. The molecule has 0 bridgehead atoms. The lowest BCUT2D eigenvalue weighted by Gasteiger charge is -2.01. The Hall–Kier alpha value is -1.42. The number of nitrogens with zero attached hydrogens (tertiary/aromatic N) is 2. The van der Waals surface area contributed by atoms with Gasteiger partial charge in [-0.3, -0.25) is 4.40 Å². The molecule has 3 rings (SSSR count). The largest absolute Gasteiger partial charge is 0.293 e. The Bertz CT molecular complexity index is 703. The number of pyridine rings is 1. The molecule has 0 amide bonds. The summed E-state index contributed by atoms with van der Waals surface area (Å²) in [6.07, 6.45) is 1.89. The van der Waals surface area contributed by atoms with Crippen molar-refractivity contribution in [3.8, 4) is 0 Å². The Labute approximate surface area is 99.8 Å². The monoisotopic (exact) mass is 278 g/mol. The normalized spacial score (nSPS) is 11.4. The molecular weight excluding hydrogens is 271 g/mol. The highest BCUT2D eigenvalue weighted by Crippen LogP contribution is 2.26. The summed E-state index contributed by atoms with van der Waals surface area (Å²) in [5.74, 6) is -0.236. The first-order valence-electron chi connectivity index (χ1n) is 4.90. The van der Waals surface area contributed by atoms with Crippen molar-refractivity contribution < 1.29 is 4.39 Å². The van der Waals surface area contributed by atoms with E-state index in [4.69, 9.17) is 0 Å². The molecule has 0 spiro atoms. The number of hydrogen-bond donors (Lipinski definition) is 0. The molecule has 0 saturated carbocycles. The van der Waals surface area contributed by atoms with Crippen LogP contribution in [0.15, 0.2) is 35.1 Å². The highest BCUT2D eigenvalue weighted by Gasteiger charge is 2.11. The van der Waals surface area contributed by atoms with Gasteiger partial charge in [-0.25, -0.2) is 9.37 Å². The minimum atomic E-state index is -0.236. The molecular formula is C12H8BrFN2. The summed E-state index contributed by atoms with van der Waals surface area (Å²) >= 11 is 3.44. The van der Waals surface area contributed by atoms with E-state index in [-0.39, 0.29) is 5.82 Å². The average molecular weight is 279 g/mol. The summed E-state index contributed by atoms with van der Waals surface area (Å²) in [7, 11) is 0. The van der Waals surface area contributed by atoms with Gasteiger partial charge in [-0.1, -0.05) is 12.1 Å². The molecule has 2 aromatic heterocycles. The molecule has 2 heterocycles. The van der Waals surface area contributed by atoms with Crippen molar-refractivity contribution in [2.24, 2.45) is 0 Å². The number of benzene rings is 1. The van der Waals surface area contributed by atoms with Gasteiger partial charge in [0, 0.05) is 6.20 Å². The van der Waals surface area contributed by atoms with Crippen LogP contribution in [0.1, 0.15) is 5.69 Å². The summed E-state index contributed by atoms with van der Waals surface area (Å²) in [4.78, 5) is 4.38. The first-order valence-corrected chi connectivity index (χ1v) is 5.69. The van der Waals surface area contributed by atoms with Gasteiger partial charge in [-0.2, -0.15) is 0 Å². The fourth-order valence-electron chi connectivity index (χ4n) is 1.91. The van der Waals surface area contributed by atoms with Crippen LogP contribution in [-0.4, -0.2) is 9.38 Å². The van der Waals surface area contributed by atoms with Gasteiger partial charge in [0.25, 0.3) is 0 Å². The summed E-state index contributed by atoms with van der Waals surface area (Å²) < 4.78 is 16.5. The number of aromatic nitrogens is 2. The lowest BCUT2D eigenvalue weighted by atomic mass is 10.1. The van der Waals surface area contributed by atoms with E-state index in [0.29, 0.717) is 11.0 Å². The van der Waals surface area contributed by atoms with Crippen LogP contribution in [-0.2, 0) is 0 Å². The van der Waals surface area contributed by atoms with E-state index in [2.05, 4.69) is 20.9 Å². The Morgan fingerprint density at radius 3 is 2.94 bits per heavy atom. The highest BCUT2D eigenvalue weighted by molar-refractivity contribution is 9.10. The predicted molar refractivity (Wildman–Crippen MR) is 65.1 cm³/mol. The molecule has 0 radical (unpaired) electrons. The fourth-order valence-corrected chi connectivity index (χ4v) is 2.28. The molecule has 2 nitrogen and oxygen atoms in total. The molecule has 4 heteroatoms.